The summed E-state index contributed by atoms with van der Waals surface area (Å²) in [6.07, 6.45) is 7.20. The van der Waals surface area contributed by atoms with Crippen LogP contribution in [0, 0.1) is 0 Å². The van der Waals surface area contributed by atoms with Gasteiger partial charge in [0.1, 0.15) is 0 Å². The van der Waals surface area contributed by atoms with Gasteiger partial charge < -0.3 is 15.1 Å². The Bertz CT molecular complexity index is 387. The van der Waals surface area contributed by atoms with Gasteiger partial charge in [0.2, 0.25) is 11.8 Å². The molecular weight excluding hydrogens is 254 g/mol. The van der Waals surface area contributed by atoms with Gasteiger partial charge in [0.05, 0.1) is 6.54 Å². The third-order valence-electron chi connectivity index (χ3n) is 4.03. The smallest absolute Gasteiger partial charge is 0.242 e. The normalized spacial score (nSPS) is 19.4. The molecule has 0 aromatic rings. The van der Waals surface area contributed by atoms with Gasteiger partial charge in [-0.15, -0.1) is 0 Å². The van der Waals surface area contributed by atoms with Gasteiger partial charge in [-0.25, -0.2) is 0 Å². The molecule has 0 unspecified atom stereocenters. The van der Waals surface area contributed by atoms with Gasteiger partial charge in [-0.2, -0.15) is 0 Å². The van der Waals surface area contributed by atoms with Crippen molar-refractivity contribution in [3.05, 3.63) is 11.6 Å². The lowest BCUT2D eigenvalue weighted by molar-refractivity contribution is -0.139. The zero-order chi connectivity index (χ0) is 14.4. The van der Waals surface area contributed by atoms with Crippen LogP contribution in [0.25, 0.3) is 0 Å². The summed E-state index contributed by atoms with van der Waals surface area (Å²) in [5.41, 5.74) is 1.24. The quantitative estimate of drug-likeness (QED) is 0.773. The van der Waals surface area contributed by atoms with E-state index in [0.717, 1.165) is 39.0 Å². The van der Waals surface area contributed by atoms with Crippen molar-refractivity contribution in [2.24, 2.45) is 0 Å². The number of hydrogen-bond acceptors (Lipinski definition) is 3. The summed E-state index contributed by atoms with van der Waals surface area (Å²) in [6, 6.07) is 0. The first-order valence-electron chi connectivity index (χ1n) is 7.57. The van der Waals surface area contributed by atoms with Crippen LogP contribution >= 0.6 is 0 Å². The van der Waals surface area contributed by atoms with Crippen molar-refractivity contribution in [3.63, 3.8) is 0 Å². The van der Waals surface area contributed by atoms with Crippen LogP contribution in [-0.2, 0) is 9.59 Å². The van der Waals surface area contributed by atoms with E-state index >= 15 is 0 Å². The lowest BCUT2D eigenvalue weighted by atomic mass is 9.97. The molecule has 2 aliphatic rings. The molecule has 5 nitrogen and oxygen atoms in total. The number of hydrogen-bond donors (Lipinski definition) is 1. The van der Waals surface area contributed by atoms with Gasteiger partial charge in [-0.1, -0.05) is 11.6 Å². The van der Waals surface area contributed by atoms with Crippen molar-refractivity contribution in [2.45, 2.75) is 32.1 Å². The highest BCUT2D eigenvalue weighted by Gasteiger charge is 2.20. The second-order valence-corrected chi connectivity index (χ2v) is 5.67. The van der Waals surface area contributed by atoms with E-state index in [1.165, 1.54) is 18.4 Å². The standard InChI is InChI=1S/C15H25N3O2/c1-17(12-15(20)18-9-7-16-8-10-18)14(19)11-13-5-3-2-4-6-13/h5,16H,2-4,6-12H2,1H3. The van der Waals surface area contributed by atoms with Crippen LogP contribution in [-0.4, -0.2) is 61.4 Å². The number of rotatable bonds is 4. The van der Waals surface area contributed by atoms with E-state index in [1.54, 1.807) is 11.9 Å². The Morgan fingerprint density at radius 1 is 1.30 bits per heavy atom. The molecule has 0 saturated carbocycles. The van der Waals surface area contributed by atoms with Gasteiger partial charge in [-0.3, -0.25) is 9.59 Å². The first-order chi connectivity index (χ1) is 9.66. The van der Waals surface area contributed by atoms with Crippen molar-refractivity contribution in [1.29, 1.82) is 0 Å². The molecule has 1 aliphatic heterocycles. The molecular formula is C15H25N3O2. The summed E-state index contributed by atoms with van der Waals surface area (Å²) in [5, 5.41) is 3.22. The summed E-state index contributed by atoms with van der Waals surface area (Å²) in [4.78, 5) is 27.6. The zero-order valence-electron chi connectivity index (χ0n) is 12.4. The highest BCUT2D eigenvalue weighted by molar-refractivity contribution is 5.85. The topological polar surface area (TPSA) is 52.7 Å². The maximum Gasteiger partial charge on any atom is 0.242 e. The molecule has 1 N–H and O–H groups in total. The molecule has 0 atom stereocenters. The predicted octanol–water partition coefficient (Wildman–Crippen LogP) is 0.767. The summed E-state index contributed by atoms with van der Waals surface area (Å²) >= 11 is 0. The van der Waals surface area contributed by atoms with Crippen LogP contribution in [0.5, 0.6) is 0 Å². The Balaban J connectivity index is 1.77. The summed E-state index contributed by atoms with van der Waals surface area (Å²) in [6.45, 7) is 3.37. The fraction of sp³-hybridized carbons (Fsp3) is 0.733. The summed E-state index contributed by atoms with van der Waals surface area (Å²) in [5.74, 6) is 0.113. The average Bonchev–Trinajstić information content (AvgIpc) is 2.49. The maximum absolute atomic E-state index is 12.1. The highest BCUT2D eigenvalue weighted by Crippen LogP contribution is 2.20. The number of likely N-dealkylation sites (N-methyl/N-ethyl adjacent to an activating group) is 1. The van der Waals surface area contributed by atoms with E-state index in [2.05, 4.69) is 11.4 Å². The SMILES string of the molecule is CN(CC(=O)N1CCNCC1)C(=O)CC1=CCCCC1. The first-order valence-corrected chi connectivity index (χ1v) is 7.57. The number of carbonyl (C=O) groups excluding carboxylic acids is 2. The van der Waals surface area contributed by atoms with Gasteiger partial charge in [0.25, 0.3) is 0 Å². The van der Waals surface area contributed by atoms with Crippen molar-refractivity contribution in [3.8, 4) is 0 Å². The number of piperazine rings is 1. The molecule has 0 radical (unpaired) electrons. The van der Waals surface area contributed by atoms with Crippen molar-refractivity contribution in [1.82, 2.24) is 15.1 Å². The lowest BCUT2D eigenvalue weighted by Gasteiger charge is -2.29. The zero-order valence-corrected chi connectivity index (χ0v) is 12.4. The molecule has 20 heavy (non-hydrogen) atoms. The van der Waals surface area contributed by atoms with E-state index in [9.17, 15) is 9.59 Å². The molecule has 2 amide bonds. The van der Waals surface area contributed by atoms with Gasteiger partial charge in [0, 0.05) is 39.6 Å². The largest absolute Gasteiger partial charge is 0.339 e. The Morgan fingerprint density at radius 3 is 2.70 bits per heavy atom. The molecule has 0 spiro atoms. The molecule has 112 valence electrons. The lowest BCUT2D eigenvalue weighted by Crippen LogP contribution is -2.49. The van der Waals surface area contributed by atoms with Crippen LogP contribution in [0.15, 0.2) is 11.6 Å². The fourth-order valence-electron chi connectivity index (χ4n) is 2.70. The monoisotopic (exact) mass is 279 g/mol. The molecule has 0 aromatic carbocycles. The summed E-state index contributed by atoms with van der Waals surface area (Å²) < 4.78 is 0. The minimum atomic E-state index is 0.0555. The number of nitrogens with one attached hydrogen (secondary N) is 1. The molecule has 1 heterocycles. The fourth-order valence-corrected chi connectivity index (χ4v) is 2.70. The van der Waals surface area contributed by atoms with Crippen LogP contribution in [0.3, 0.4) is 0 Å². The Kier molecular flexibility index (Phi) is 5.59. The van der Waals surface area contributed by atoms with Crippen LogP contribution in [0.1, 0.15) is 32.1 Å². The molecule has 1 aliphatic carbocycles. The molecule has 1 fully saturated rings. The molecule has 5 heteroatoms. The van der Waals surface area contributed by atoms with Crippen LogP contribution < -0.4 is 5.32 Å². The maximum atomic E-state index is 12.1. The van der Waals surface area contributed by atoms with Crippen molar-refractivity contribution in [2.75, 3.05) is 39.8 Å². The van der Waals surface area contributed by atoms with Gasteiger partial charge in [0.15, 0.2) is 0 Å². The van der Waals surface area contributed by atoms with Crippen LogP contribution in [0.2, 0.25) is 0 Å². The molecule has 0 bridgehead atoms. The number of carbonyl (C=O) groups is 2. The van der Waals surface area contributed by atoms with E-state index in [0.29, 0.717) is 6.42 Å². The van der Waals surface area contributed by atoms with Gasteiger partial charge >= 0.3 is 0 Å². The first kappa shape index (κ1) is 15.0. The Labute approximate surface area is 121 Å². The van der Waals surface area contributed by atoms with Crippen molar-refractivity contribution >= 4 is 11.8 Å². The second kappa shape index (κ2) is 7.43. The minimum absolute atomic E-state index is 0.0555. The van der Waals surface area contributed by atoms with E-state index in [1.807, 2.05) is 4.90 Å². The second-order valence-electron chi connectivity index (χ2n) is 5.67. The Hall–Kier alpha value is -1.36. The van der Waals surface area contributed by atoms with E-state index < -0.39 is 0 Å². The molecule has 1 saturated heterocycles. The molecule has 0 aromatic heterocycles. The van der Waals surface area contributed by atoms with E-state index in [-0.39, 0.29) is 18.4 Å². The van der Waals surface area contributed by atoms with Crippen molar-refractivity contribution < 1.29 is 9.59 Å². The van der Waals surface area contributed by atoms with Crippen LogP contribution in [0.4, 0.5) is 0 Å². The number of allylic oxidation sites excluding steroid dienone is 1. The predicted molar refractivity (Wildman–Crippen MR) is 78.3 cm³/mol. The minimum Gasteiger partial charge on any atom is -0.339 e. The highest BCUT2D eigenvalue weighted by atomic mass is 16.2. The molecule has 2 rings (SSSR count). The third-order valence-corrected chi connectivity index (χ3v) is 4.03. The summed E-state index contributed by atoms with van der Waals surface area (Å²) in [7, 11) is 1.73. The third kappa shape index (κ3) is 4.34. The Morgan fingerprint density at radius 2 is 2.05 bits per heavy atom. The van der Waals surface area contributed by atoms with E-state index in [4.69, 9.17) is 0 Å². The van der Waals surface area contributed by atoms with Gasteiger partial charge in [-0.05, 0) is 25.7 Å². The average molecular weight is 279 g/mol. The number of nitrogens with zero attached hydrogens (tertiary/aromatic N) is 2. The number of amides is 2.